The Morgan fingerprint density at radius 2 is 1.95 bits per heavy atom. The zero-order valence-corrected chi connectivity index (χ0v) is 11.6. The number of hydrogen-bond donors (Lipinski definition) is 1. The van der Waals surface area contributed by atoms with Crippen LogP contribution >= 0.6 is 22.9 Å². The molecule has 94 valence electrons. The van der Waals surface area contributed by atoms with Crippen LogP contribution in [0.2, 0.25) is 5.02 Å². The third-order valence-electron chi connectivity index (χ3n) is 2.74. The zero-order chi connectivity index (χ0) is 13.1. The van der Waals surface area contributed by atoms with E-state index in [1.165, 1.54) is 4.70 Å². The van der Waals surface area contributed by atoms with Crippen molar-refractivity contribution in [3.63, 3.8) is 0 Å². The summed E-state index contributed by atoms with van der Waals surface area (Å²) in [6, 6.07) is 15.8. The Morgan fingerprint density at radius 3 is 2.79 bits per heavy atom. The highest BCUT2D eigenvalue weighted by atomic mass is 35.5. The van der Waals surface area contributed by atoms with Gasteiger partial charge in [-0.05, 0) is 30.3 Å². The Labute approximate surface area is 120 Å². The molecule has 0 radical (unpaired) electrons. The van der Waals surface area contributed by atoms with Crippen LogP contribution in [0, 0.1) is 0 Å². The number of rotatable bonds is 3. The van der Waals surface area contributed by atoms with E-state index in [1.54, 1.807) is 11.3 Å². The summed E-state index contributed by atoms with van der Waals surface area (Å²) in [4.78, 5) is 0. The molecule has 2 nitrogen and oxygen atoms in total. The number of para-hydroxylation sites is 1. The van der Waals surface area contributed by atoms with Crippen LogP contribution in [0.25, 0.3) is 10.1 Å². The number of fused-ring (bicyclic) bond motifs is 1. The molecule has 0 bridgehead atoms. The summed E-state index contributed by atoms with van der Waals surface area (Å²) in [5, 5.41) is 8.22. The molecule has 19 heavy (non-hydrogen) atoms. The van der Waals surface area contributed by atoms with Crippen molar-refractivity contribution in [2.75, 3.05) is 5.43 Å². The molecule has 0 aliphatic heterocycles. The van der Waals surface area contributed by atoms with Crippen LogP contribution in [-0.2, 0) is 0 Å². The van der Waals surface area contributed by atoms with E-state index in [1.807, 2.05) is 54.7 Å². The standard InChI is InChI=1S/C15H11ClN2S/c16-12-6-7-15-14(8-12)11(10-19-15)9-17-18-13-4-2-1-3-5-13/h1-10,18H/b17-9+. The highest BCUT2D eigenvalue weighted by Crippen LogP contribution is 2.27. The summed E-state index contributed by atoms with van der Waals surface area (Å²) >= 11 is 7.71. The maximum atomic E-state index is 6.02. The number of hydrogen-bond acceptors (Lipinski definition) is 3. The second-order valence-corrected chi connectivity index (χ2v) is 5.42. The van der Waals surface area contributed by atoms with Crippen molar-refractivity contribution in [3.05, 3.63) is 64.5 Å². The van der Waals surface area contributed by atoms with Gasteiger partial charge >= 0.3 is 0 Å². The van der Waals surface area contributed by atoms with Crippen LogP contribution in [-0.4, -0.2) is 6.21 Å². The van der Waals surface area contributed by atoms with Crippen LogP contribution in [0.4, 0.5) is 5.69 Å². The van der Waals surface area contributed by atoms with Crippen molar-refractivity contribution in [2.24, 2.45) is 5.10 Å². The highest BCUT2D eigenvalue weighted by molar-refractivity contribution is 7.17. The van der Waals surface area contributed by atoms with Crippen molar-refractivity contribution >= 4 is 44.9 Å². The molecule has 1 heterocycles. The van der Waals surface area contributed by atoms with Crippen molar-refractivity contribution in [1.29, 1.82) is 0 Å². The van der Waals surface area contributed by atoms with E-state index in [0.29, 0.717) is 0 Å². The molecule has 0 amide bonds. The Kier molecular flexibility index (Phi) is 3.49. The maximum Gasteiger partial charge on any atom is 0.0561 e. The van der Waals surface area contributed by atoms with E-state index in [-0.39, 0.29) is 0 Å². The molecule has 0 aliphatic rings. The third-order valence-corrected chi connectivity index (χ3v) is 3.95. The lowest BCUT2D eigenvalue weighted by atomic mass is 10.2. The van der Waals surface area contributed by atoms with E-state index >= 15 is 0 Å². The van der Waals surface area contributed by atoms with Crippen molar-refractivity contribution < 1.29 is 0 Å². The molecule has 2 aromatic carbocycles. The number of thiophene rings is 1. The molecular formula is C15H11ClN2S. The molecule has 1 aromatic heterocycles. The van der Waals surface area contributed by atoms with Crippen molar-refractivity contribution in [1.82, 2.24) is 0 Å². The number of benzene rings is 2. The Morgan fingerprint density at radius 1 is 1.11 bits per heavy atom. The number of anilines is 1. The Bertz CT molecular complexity index is 719. The molecule has 0 unspecified atom stereocenters. The second kappa shape index (κ2) is 5.43. The molecule has 0 atom stereocenters. The molecule has 0 saturated carbocycles. The fraction of sp³-hybridized carbons (Fsp3) is 0. The first-order valence-electron chi connectivity index (χ1n) is 5.84. The smallest absolute Gasteiger partial charge is 0.0561 e. The fourth-order valence-corrected chi connectivity index (χ4v) is 2.87. The molecule has 1 N–H and O–H groups in total. The summed E-state index contributed by atoms with van der Waals surface area (Å²) in [6.45, 7) is 0. The van der Waals surface area contributed by atoms with Crippen molar-refractivity contribution in [2.45, 2.75) is 0 Å². The molecule has 0 spiro atoms. The zero-order valence-electron chi connectivity index (χ0n) is 10.0. The summed E-state index contributed by atoms with van der Waals surface area (Å²) in [5.74, 6) is 0. The molecule has 3 rings (SSSR count). The SMILES string of the molecule is Clc1ccc2scc(/C=N/Nc3ccccc3)c2c1. The summed E-state index contributed by atoms with van der Waals surface area (Å²) in [6.07, 6.45) is 1.82. The van der Waals surface area contributed by atoms with E-state index in [0.717, 1.165) is 21.7 Å². The summed E-state index contributed by atoms with van der Waals surface area (Å²) < 4.78 is 1.21. The molecule has 0 fully saturated rings. The van der Waals surface area contributed by atoms with Gasteiger partial charge in [0.2, 0.25) is 0 Å². The summed E-state index contributed by atoms with van der Waals surface area (Å²) in [7, 11) is 0. The van der Waals surface area contributed by atoms with Gasteiger partial charge < -0.3 is 0 Å². The normalized spacial score (nSPS) is 11.2. The lowest BCUT2D eigenvalue weighted by Crippen LogP contribution is -1.89. The lowest BCUT2D eigenvalue weighted by molar-refractivity contribution is 1.35. The van der Waals surface area contributed by atoms with Gasteiger partial charge in [0.1, 0.15) is 0 Å². The van der Waals surface area contributed by atoms with Gasteiger partial charge in [0.15, 0.2) is 0 Å². The van der Waals surface area contributed by atoms with Gasteiger partial charge in [-0.3, -0.25) is 5.43 Å². The van der Waals surface area contributed by atoms with Gasteiger partial charge in [0.05, 0.1) is 11.9 Å². The minimum atomic E-state index is 0.747. The van der Waals surface area contributed by atoms with Crippen molar-refractivity contribution in [3.8, 4) is 0 Å². The van der Waals surface area contributed by atoms with Gasteiger partial charge in [-0.25, -0.2) is 0 Å². The molecule has 3 aromatic rings. The number of hydrazone groups is 1. The molecule has 0 saturated heterocycles. The fourth-order valence-electron chi connectivity index (χ4n) is 1.81. The van der Waals surface area contributed by atoms with Gasteiger partial charge in [-0.1, -0.05) is 29.8 Å². The number of nitrogens with one attached hydrogen (secondary N) is 1. The minimum absolute atomic E-state index is 0.747. The van der Waals surface area contributed by atoms with Crippen LogP contribution in [0.15, 0.2) is 59.0 Å². The molecule has 0 aliphatic carbocycles. The molecular weight excluding hydrogens is 276 g/mol. The van der Waals surface area contributed by atoms with E-state index < -0.39 is 0 Å². The van der Waals surface area contributed by atoms with Crippen LogP contribution in [0.3, 0.4) is 0 Å². The topological polar surface area (TPSA) is 24.4 Å². The van der Waals surface area contributed by atoms with Crippen LogP contribution in [0.1, 0.15) is 5.56 Å². The summed E-state index contributed by atoms with van der Waals surface area (Å²) in [5.41, 5.74) is 5.05. The first-order chi connectivity index (χ1) is 9.33. The highest BCUT2D eigenvalue weighted by Gasteiger charge is 2.02. The van der Waals surface area contributed by atoms with Gasteiger partial charge in [0, 0.05) is 26.1 Å². The first-order valence-corrected chi connectivity index (χ1v) is 7.09. The minimum Gasteiger partial charge on any atom is -0.279 e. The van der Waals surface area contributed by atoms with E-state index in [4.69, 9.17) is 11.6 Å². The second-order valence-electron chi connectivity index (χ2n) is 4.07. The van der Waals surface area contributed by atoms with Gasteiger partial charge in [0.25, 0.3) is 0 Å². The predicted octanol–water partition coefficient (Wildman–Crippen LogP) is 5.00. The third kappa shape index (κ3) is 2.78. The number of nitrogens with zero attached hydrogens (tertiary/aromatic N) is 1. The Balaban J connectivity index is 1.83. The quantitative estimate of drug-likeness (QED) is 0.532. The monoisotopic (exact) mass is 286 g/mol. The van der Waals surface area contributed by atoms with Gasteiger partial charge in [-0.15, -0.1) is 11.3 Å². The average Bonchev–Trinajstić information content (AvgIpc) is 2.83. The first kappa shape index (κ1) is 12.2. The molecule has 4 heteroatoms. The number of halogens is 1. The van der Waals surface area contributed by atoms with E-state index in [2.05, 4.69) is 15.9 Å². The van der Waals surface area contributed by atoms with Crippen LogP contribution < -0.4 is 5.43 Å². The maximum absolute atomic E-state index is 6.02. The predicted molar refractivity (Wildman–Crippen MR) is 84.5 cm³/mol. The largest absolute Gasteiger partial charge is 0.279 e. The van der Waals surface area contributed by atoms with E-state index in [9.17, 15) is 0 Å². The Hall–Kier alpha value is -1.84. The van der Waals surface area contributed by atoms with Crippen LogP contribution in [0.5, 0.6) is 0 Å². The van der Waals surface area contributed by atoms with Gasteiger partial charge in [-0.2, -0.15) is 5.10 Å². The lowest BCUT2D eigenvalue weighted by Gasteiger charge is -1.98. The average molecular weight is 287 g/mol.